The maximum absolute atomic E-state index is 11.3. The molecule has 1 N–H and O–H groups in total. The van der Waals surface area contributed by atoms with Gasteiger partial charge in [0.15, 0.2) is 0 Å². The Kier molecular flexibility index (Phi) is 4.16. The second-order valence-corrected chi connectivity index (χ2v) is 3.98. The Morgan fingerprint density at radius 2 is 2.00 bits per heavy atom. The van der Waals surface area contributed by atoms with E-state index in [2.05, 4.69) is 5.32 Å². The van der Waals surface area contributed by atoms with Crippen LogP contribution in [-0.4, -0.2) is 12.7 Å². The van der Waals surface area contributed by atoms with Gasteiger partial charge in [0, 0.05) is 7.11 Å². The fourth-order valence-electron chi connectivity index (χ4n) is 1.03. The molecule has 0 bridgehead atoms. The van der Waals surface area contributed by atoms with Crippen molar-refractivity contribution in [3.8, 4) is 0 Å². The molecule has 3 heteroatoms. The SMILES string of the molecule is Cc1ccc(NC(=O)OCC(C)C)cc1.[HH]. The van der Waals surface area contributed by atoms with Gasteiger partial charge < -0.3 is 4.74 Å². The molecule has 1 rings (SSSR count). The van der Waals surface area contributed by atoms with Crippen LogP contribution in [0.1, 0.15) is 20.8 Å². The van der Waals surface area contributed by atoms with Crippen LogP contribution in [0.25, 0.3) is 0 Å². The molecule has 0 aliphatic carbocycles. The smallest absolute Gasteiger partial charge is 0.411 e. The molecular formula is C12H19NO2. The summed E-state index contributed by atoms with van der Waals surface area (Å²) in [5.74, 6) is 0.355. The number of carbonyl (C=O) groups is 1. The number of ether oxygens (including phenoxy) is 1. The Morgan fingerprint density at radius 1 is 1.40 bits per heavy atom. The Balaban J connectivity index is 0.00000225. The summed E-state index contributed by atoms with van der Waals surface area (Å²) < 4.78 is 4.99. The molecule has 0 aliphatic rings. The van der Waals surface area contributed by atoms with Crippen LogP contribution in [-0.2, 0) is 4.74 Å². The third kappa shape index (κ3) is 4.49. The average molecular weight is 209 g/mol. The first-order valence-corrected chi connectivity index (χ1v) is 5.08. The number of aryl methyl sites for hydroxylation is 1. The molecule has 0 aliphatic heterocycles. The molecule has 3 nitrogen and oxygen atoms in total. The van der Waals surface area contributed by atoms with Crippen LogP contribution >= 0.6 is 0 Å². The lowest BCUT2D eigenvalue weighted by Crippen LogP contribution is -2.16. The van der Waals surface area contributed by atoms with Gasteiger partial charge in [-0.15, -0.1) is 0 Å². The fraction of sp³-hybridized carbons (Fsp3) is 0.417. The standard InChI is InChI=1S/C12H17NO2.H2/c1-9(2)8-15-12(14)13-11-6-4-10(3)5-7-11;/h4-7,9H,8H2,1-3H3,(H,13,14);1H. The molecule has 1 amide bonds. The van der Waals surface area contributed by atoms with Crippen LogP contribution in [0.2, 0.25) is 0 Å². The number of nitrogens with one attached hydrogen (secondary N) is 1. The van der Waals surface area contributed by atoms with Gasteiger partial charge in [0.25, 0.3) is 0 Å². The van der Waals surface area contributed by atoms with Crippen molar-refractivity contribution in [3.63, 3.8) is 0 Å². The van der Waals surface area contributed by atoms with Gasteiger partial charge in [0.05, 0.1) is 6.61 Å². The summed E-state index contributed by atoms with van der Waals surface area (Å²) in [6.45, 7) is 6.44. The van der Waals surface area contributed by atoms with E-state index in [0.717, 1.165) is 11.3 Å². The quantitative estimate of drug-likeness (QED) is 0.828. The first kappa shape index (κ1) is 11.6. The van der Waals surface area contributed by atoms with Gasteiger partial charge in [-0.25, -0.2) is 4.79 Å². The molecule has 0 fully saturated rings. The van der Waals surface area contributed by atoms with E-state index in [4.69, 9.17) is 4.74 Å². The molecule has 15 heavy (non-hydrogen) atoms. The number of hydrogen-bond donors (Lipinski definition) is 1. The third-order valence-corrected chi connectivity index (χ3v) is 1.85. The second kappa shape index (κ2) is 5.39. The topological polar surface area (TPSA) is 38.3 Å². The summed E-state index contributed by atoms with van der Waals surface area (Å²) in [6, 6.07) is 7.59. The van der Waals surface area contributed by atoms with Crippen molar-refractivity contribution < 1.29 is 11.0 Å². The number of hydrogen-bond acceptors (Lipinski definition) is 2. The van der Waals surface area contributed by atoms with Crippen LogP contribution in [0.5, 0.6) is 0 Å². The monoisotopic (exact) mass is 209 g/mol. The highest BCUT2D eigenvalue weighted by molar-refractivity contribution is 5.84. The Labute approximate surface area is 91.9 Å². The van der Waals surface area contributed by atoms with Crippen molar-refractivity contribution in [2.24, 2.45) is 5.92 Å². The van der Waals surface area contributed by atoms with E-state index >= 15 is 0 Å². The molecule has 1 aromatic carbocycles. The zero-order valence-corrected chi connectivity index (χ0v) is 9.41. The van der Waals surface area contributed by atoms with Gasteiger partial charge in [-0.05, 0) is 25.0 Å². The maximum atomic E-state index is 11.3. The number of carbonyl (C=O) groups excluding carboxylic acids is 1. The van der Waals surface area contributed by atoms with E-state index in [1.54, 1.807) is 0 Å². The number of amides is 1. The number of anilines is 1. The molecule has 84 valence electrons. The lowest BCUT2D eigenvalue weighted by Gasteiger charge is -2.08. The summed E-state index contributed by atoms with van der Waals surface area (Å²) >= 11 is 0. The maximum Gasteiger partial charge on any atom is 0.411 e. The normalized spacial score (nSPS) is 10.1. The molecular weight excluding hydrogens is 190 g/mol. The van der Waals surface area contributed by atoms with Crippen molar-refractivity contribution in [1.29, 1.82) is 0 Å². The van der Waals surface area contributed by atoms with Crippen LogP contribution in [0.4, 0.5) is 10.5 Å². The molecule has 1 aromatic rings. The lowest BCUT2D eigenvalue weighted by atomic mass is 10.2. The summed E-state index contributed by atoms with van der Waals surface area (Å²) in [7, 11) is 0. The summed E-state index contributed by atoms with van der Waals surface area (Å²) in [5, 5.41) is 2.66. The Morgan fingerprint density at radius 3 is 2.53 bits per heavy atom. The highest BCUT2D eigenvalue weighted by atomic mass is 16.5. The summed E-state index contributed by atoms with van der Waals surface area (Å²) in [4.78, 5) is 11.3. The largest absolute Gasteiger partial charge is 0.449 e. The molecule has 0 radical (unpaired) electrons. The predicted octanol–water partition coefficient (Wildman–Crippen LogP) is 3.45. The van der Waals surface area contributed by atoms with Crippen molar-refractivity contribution >= 4 is 11.8 Å². The molecule has 0 aromatic heterocycles. The minimum absolute atomic E-state index is 0. The molecule has 0 saturated heterocycles. The predicted molar refractivity (Wildman–Crippen MR) is 63.1 cm³/mol. The van der Waals surface area contributed by atoms with E-state index in [1.807, 2.05) is 45.0 Å². The van der Waals surface area contributed by atoms with Gasteiger partial charge in [-0.3, -0.25) is 5.32 Å². The van der Waals surface area contributed by atoms with Crippen LogP contribution in [0.3, 0.4) is 0 Å². The van der Waals surface area contributed by atoms with E-state index in [0.29, 0.717) is 12.5 Å². The van der Waals surface area contributed by atoms with E-state index in [-0.39, 0.29) is 1.43 Å². The van der Waals surface area contributed by atoms with Crippen molar-refractivity contribution in [3.05, 3.63) is 29.8 Å². The van der Waals surface area contributed by atoms with E-state index in [1.165, 1.54) is 0 Å². The van der Waals surface area contributed by atoms with Crippen LogP contribution in [0.15, 0.2) is 24.3 Å². The van der Waals surface area contributed by atoms with Gasteiger partial charge in [0.2, 0.25) is 0 Å². The zero-order valence-electron chi connectivity index (χ0n) is 9.41. The van der Waals surface area contributed by atoms with Crippen LogP contribution < -0.4 is 5.32 Å². The highest BCUT2D eigenvalue weighted by Crippen LogP contribution is 2.08. The molecule has 0 saturated carbocycles. The molecule has 0 heterocycles. The summed E-state index contributed by atoms with van der Waals surface area (Å²) in [6.07, 6.45) is -0.396. The summed E-state index contributed by atoms with van der Waals surface area (Å²) in [5.41, 5.74) is 1.92. The van der Waals surface area contributed by atoms with Crippen molar-refractivity contribution in [2.75, 3.05) is 11.9 Å². The fourth-order valence-corrected chi connectivity index (χ4v) is 1.03. The van der Waals surface area contributed by atoms with Gasteiger partial charge in [-0.1, -0.05) is 31.5 Å². The lowest BCUT2D eigenvalue weighted by molar-refractivity contribution is 0.147. The highest BCUT2D eigenvalue weighted by Gasteiger charge is 2.03. The van der Waals surface area contributed by atoms with Gasteiger partial charge in [-0.2, -0.15) is 0 Å². The molecule has 0 atom stereocenters. The van der Waals surface area contributed by atoms with E-state index in [9.17, 15) is 4.79 Å². The zero-order chi connectivity index (χ0) is 11.3. The first-order valence-electron chi connectivity index (χ1n) is 5.08. The number of rotatable bonds is 3. The number of benzene rings is 1. The minimum Gasteiger partial charge on any atom is -0.449 e. The minimum atomic E-state index is -0.396. The Bertz CT molecular complexity index is 322. The average Bonchev–Trinajstić information content (AvgIpc) is 2.19. The third-order valence-electron chi connectivity index (χ3n) is 1.85. The second-order valence-electron chi connectivity index (χ2n) is 3.98. The van der Waals surface area contributed by atoms with Gasteiger partial charge in [0.1, 0.15) is 0 Å². The van der Waals surface area contributed by atoms with Crippen molar-refractivity contribution in [1.82, 2.24) is 0 Å². The first-order chi connectivity index (χ1) is 7.08. The van der Waals surface area contributed by atoms with Crippen LogP contribution in [0, 0.1) is 12.8 Å². The Hall–Kier alpha value is -1.51. The van der Waals surface area contributed by atoms with E-state index < -0.39 is 6.09 Å². The van der Waals surface area contributed by atoms with Gasteiger partial charge >= 0.3 is 6.09 Å². The molecule has 0 unspecified atom stereocenters. The van der Waals surface area contributed by atoms with Crippen molar-refractivity contribution in [2.45, 2.75) is 20.8 Å². The molecule has 0 spiro atoms.